The summed E-state index contributed by atoms with van der Waals surface area (Å²) < 4.78 is 18.2. The van der Waals surface area contributed by atoms with Crippen molar-refractivity contribution in [3.05, 3.63) is 59.9 Å². The highest BCUT2D eigenvalue weighted by molar-refractivity contribution is 5.93. The molecule has 0 atom stereocenters. The molecule has 6 heteroatoms. The number of oxime groups is 1. The number of nitrogens with one attached hydrogen (secondary N) is 1. The van der Waals surface area contributed by atoms with Crippen molar-refractivity contribution < 1.29 is 18.8 Å². The zero-order valence-corrected chi connectivity index (χ0v) is 12.7. The summed E-state index contributed by atoms with van der Waals surface area (Å²) in [6, 6.07) is 12.9. The number of anilines is 1. The third-order valence-electron chi connectivity index (χ3n) is 2.80. The summed E-state index contributed by atoms with van der Waals surface area (Å²) in [6.07, 6.45) is 1.40. The van der Waals surface area contributed by atoms with E-state index in [4.69, 9.17) is 9.57 Å². The largest absolute Gasteiger partial charge is 0.492 e. The number of amides is 1. The average molecular weight is 316 g/mol. The Kier molecular flexibility index (Phi) is 6.11. The molecular formula is C17H17FN2O3. The number of hydrogen-bond donors (Lipinski definition) is 1. The van der Waals surface area contributed by atoms with Crippen LogP contribution in [0.15, 0.2) is 53.7 Å². The second-order valence-corrected chi connectivity index (χ2v) is 4.54. The predicted molar refractivity (Wildman–Crippen MR) is 86.2 cm³/mol. The molecule has 2 aromatic rings. The molecule has 0 saturated carbocycles. The molecule has 1 N–H and O–H groups in total. The maximum atomic E-state index is 12.7. The van der Waals surface area contributed by atoms with Crippen molar-refractivity contribution in [3.8, 4) is 5.75 Å². The SMILES string of the molecule is CCOc1ccccc1NC(=O)CO/N=C/c1ccc(F)cc1. The van der Waals surface area contributed by atoms with Crippen molar-refractivity contribution in [1.29, 1.82) is 0 Å². The minimum atomic E-state index is -0.353. The maximum absolute atomic E-state index is 12.7. The second kappa shape index (κ2) is 8.53. The van der Waals surface area contributed by atoms with E-state index in [1.54, 1.807) is 30.3 Å². The van der Waals surface area contributed by atoms with Gasteiger partial charge in [0.1, 0.15) is 11.6 Å². The van der Waals surface area contributed by atoms with Gasteiger partial charge in [-0.25, -0.2) is 4.39 Å². The van der Waals surface area contributed by atoms with Gasteiger partial charge in [-0.15, -0.1) is 0 Å². The molecule has 120 valence electrons. The maximum Gasteiger partial charge on any atom is 0.265 e. The van der Waals surface area contributed by atoms with E-state index >= 15 is 0 Å². The van der Waals surface area contributed by atoms with Gasteiger partial charge in [0.15, 0.2) is 6.61 Å². The summed E-state index contributed by atoms with van der Waals surface area (Å²) in [5.41, 5.74) is 1.25. The first-order chi connectivity index (χ1) is 11.2. The van der Waals surface area contributed by atoms with E-state index in [9.17, 15) is 9.18 Å². The van der Waals surface area contributed by atoms with Crippen molar-refractivity contribution >= 4 is 17.8 Å². The lowest BCUT2D eigenvalue weighted by Crippen LogP contribution is -2.17. The fraction of sp³-hybridized carbons (Fsp3) is 0.176. The number of para-hydroxylation sites is 2. The van der Waals surface area contributed by atoms with E-state index in [1.807, 2.05) is 13.0 Å². The van der Waals surface area contributed by atoms with Gasteiger partial charge in [-0.05, 0) is 36.8 Å². The fourth-order valence-corrected chi connectivity index (χ4v) is 1.78. The first-order valence-electron chi connectivity index (χ1n) is 7.11. The van der Waals surface area contributed by atoms with Gasteiger partial charge in [-0.2, -0.15) is 0 Å². The molecule has 0 fully saturated rings. The van der Waals surface area contributed by atoms with Gasteiger partial charge >= 0.3 is 0 Å². The van der Waals surface area contributed by atoms with Gasteiger partial charge in [0.2, 0.25) is 0 Å². The number of ether oxygens (including phenoxy) is 1. The van der Waals surface area contributed by atoms with Crippen LogP contribution in [0.3, 0.4) is 0 Å². The van der Waals surface area contributed by atoms with Gasteiger partial charge in [0, 0.05) is 0 Å². The Bertz CT molecular complexity index is 672. The van der Waals surface area contributed by atoms with Crippen LogP contribution in [0.5, 0.6) is 5.75 Å². The Morgan fingerprint density at radius 2 is 1.96 bits per heavy atom. The highest BCUT2D eigenvalue weighted by atomic mass is 19.1. The zero-order chi connectivity index (χ0) is 16.5. The third-order valence-corrected chi connectivity index (χ3v) is 2.80. The fourth-order valence-electron chi connectivity index (χ4n) is 1.78. The molecule has 0 radical (unpaired) electrons. The van der Waals surface area contributed by atoms with E-state index in [0.717, 1.165) is 0 Å². The average Bonchev–Trinajstić information content (AvgIpc) is 2.55. The van der Waals surface area contributed by atoms with E-state index in [1.165, 1.54) is 18.3 Å². The monoisotopic (exact) mass is 316 g/mol. The van der Waals surface area contributed by atoms with Crippen LogP contribution in [0.2, 0.25) is 0 Å². The van der Waals surface area contributed by atoms with Gasteiger partial charge in [-0.1, -0.05) is 29.4 Å². The van der Waals surface area contributed by atoms with Gasteiger partial charge in [-0.3, -0.25) is 4.79 Å². The number of benzene rings is 2. The van der Waals surface area contributed by atoms with Crippen LogP contribution < -0.4 is 10.1 Å². The van der Waals surface area contributed by atoms with Crippen LogP contribution in [0.25, 0.3) is 0 Å². The molecule has 2 rings (SSSR count). The molecule has 0 aliphatic heterocycles. The Hall–Kier alpha value is -2.89. The molecule has 1 amide bonds. The molecule has 23 heavy (non-hydrogen) atoms. The van der Waals surface area contributed by atoms with Crippen molar-refractivity contribution in [3.63, 3.8) is 0 Å². The number of rotatable bonds is 7. The van der Waals surface area contributed by atoms with E-state index in [2.05, 4.69) is 10.5 Å². The third kappa shape index (κ3) is 5.43. The number of nitrogens with zero attached hydrogens (tertiary/aromatic N) is 1. The van der Waals surface area contributed by atoms with Crippen molar-refractivity contribution in [2.24, 2.45) is 5.16 Å². The molecule has 5 nitrogen and oxygen atoms in total. The Morgan fingerprint density at radius 3 is 2.70 bits per heavy atom. The van der Waals surface area contributed by atoms with Crippen LogP contribution in [-0.4, -0.2) is 25.3 Å². The molecule has 0 bridgehead atoms. The van der Waals surface area contributed by atoms with Gasteiger partial charge in [0.05, 0.1) is 18.5 Å². The van der Waals surface area contributed by atoms with Crippen LogP contribution in [0, 0.1) is 5.82 Å². The minimum absolute atomic E-state index is 0.238. The van der Waals surface area contributed by atoms with Crippen LogP contribution >= 0.6 is 0 Å². The van der Waals surface area contributed by atoms with Crippen molar-refractivity contribution in [2.45, 2.75) is 6.92 Å². The molecule has 0 aromatic heterocycles. The molecule has 0 aliphatic carbocycles. The zero-order valence-electron chi connectivity index (χ0n) is 12.7. The van der Waals surface area contributed by atoms with Crippen molar-refractivity contribution in [2.75, 3.05) is 18.5 Å². The lowest BCUT2D eigenvalue weighted by molar-refractivity contribution is -0.120. The summed E-state index contributed by atoms with van der Waals surface area (Å²) in [5, 5.41) is 6.36. The summed E-state index contributed by atoms with van der Waals surface area (Å²) in [4.78, 5) is 16.7. The van der Waals surface area contributed by atoms with E-state index < -0.39 is 0 Å². The Morgan fingerprint density at radius 1 is 1.22 bits per heavy atom. The summed E-state index contributed by atoms with van der Waals surface area (Å²) in [5.74, 6) is -0.0815. The molecule has 0 spiro atoms. The smallest absolute Gasteiger partial charge is 0.265 e. The lowest BCUT2D eigenvalue weighted by atomic mass is 10.2. The molecule has 2 aromatic carbocycles. The van der Waals surface area contributed by atoms with Crippen LogP contribution in [-0.2, 0) is 9.63 Å². The summed E-state index contributed by atoms with van der Waals surface area (Å²) in [7, 11) is 0. The first kappa shape index (κ1) is 16.5. The topological polar surface area (TPSA) is 59.9 Å². The minimum Gasteiger partial charge on any atom is -0.492 e. The van der Waals surface area contributed by atoms with E-state index in [-0.39, 0.29) is 18.3 Å². The lowest BCUT2D eigenvalue weighted by Gasteiger charge is -2.10. The molecule has 0 unspecified atom stereocenters. The Labute approximate surface area is 133 Å². The Balaban J connectivity index is 1.82. The summed E-state index contributed by atoms with van der Waals surface area (Å²) in [6.45, 7) is 2.13. The second-order valence-electron chi connectivity index (χ2n) is 4.54. The van der Waals surface area contributed by atoms with Crippen molar-refractivity contribution in [1.82, 2.24) is 0 Å². The number of hydrogen-bond acceptors (Lipinski definition) is 4. The molecular weight excluding hydrogens is 299 g/mol. The quantitative estimate of drug-likeness (QED) is 0.630. The molecule has 0 heterocycles. The standard InChI is InChI=1S/C17H17FN2O3/c1-2-22-16-6-4-3-5-15(16)20-17(21)12-23-19-11-13-7-9-14(18)10-8-13/h3-11H,2,12H2,1H3,(H,20,21)/b19-11+. The van der Waals surface area contributed by atoms with Gasteiger partial charge < -0.3 is 14.9 Å². The highest BCUT2D eigenvalue weighted by Crippen LogP contribution is 2.23. The number of halogens is 1. The molecule has 0 aliphatic rings. The highest BCUT2D eigenvalue weighted by Gasteiger charge is 2.07. The molecule has 0 saturated heterocycles. The van der Waals surface area contributed by atoms with E-state index in [0.29, 0.717) is 23.6 Å². The van der Waals surface area contributed by atoms with Crippen LogP contribution in [0.4, 0.5) is 10.1 Å². The first-order valence-corrected chi connectivity index (χ1v) is 7.11. The predicted octanol–water partition coefficient (Wildman–Crippen LogP) is 3.21. The number of carbonyl (C=O) groups excluding carboxylic acids is 1. The van der Waals surface area contributed by atoms with Crippen LogP contribution in [0.1, 0.15) is 12.5 Å². The summed E-state index contributed by atoms with van der Waals surface area (Å²) >= 11 is 0. The van der Waals surface area contributed by atoms with Gasteiger partial charge in [0.25, 0.3) is 5.91 Å². The normalized spacial score (nSPS) is 10.5. The number of carbonyl (C=O) groups is 1.